The lowest BCUT2D eigenvalue weighted by atomic mass is 10.1. The zero-order chi connectivity index (χ0) is 16.5. The van der Waals surface area contributed by atoms with E-state index in [-0.39, 0.29) is 22.9 Å². The molecular formula is C14H17F2NO4S. The number of carbonyl (C=O) groups excluding carboxylic acids is 1. The summed E-state index contributed by atoms with van der Waals surface area (Å²) < 4.78 is 52.0. The summed E-state index contributed by atoms with van der Waals surface area (Å²) in [5.74, 6) is -0.372. The molecule has 5 nitrogen and oxygen atoms in total. The van der Waals surface area contributed by atoms with Gasteiger partial charge in [0.25, 0.3) is 5.91 Å². The predicted octanol–water partition coefficient (Wildman–Crippen LogP) is 1.85. The molecule has 0 aliphatic carbocycles. The Balaban J connectivity index is 2.20. The number of likely N-dealkylation sites (tertiary alicyclic amines) is 1. The van der Waals surface area contributed by atoms with Crippen molar-refractivity contribution in [1.82, 2.24) is 4.90 Å². The molecule has 1 aliphatic heterocycles. The number of halogens is 2. The number of ether oxygens (including phenoxy) is 1. The minimum Gasteiger partial charge on any atom is -0.336 e. The van der Waals surface area contributed by atoms with Gasteiger partial charge in [0.15, 0.2) is 9.84 Å². The van der Waals surface area contributed by atoms with Gasteiger partial charge in [0, 0.05) is 24.9 Å². The maximum atomic E-state index is 12.5. The van der Waals surface area contributed by atoms with E-state index in [2.05, 4.69) is 4.74 Å². The number of carbonyl (C=O) groups is 1. The van der Waals surface area contributed by atoms with E-state index in [1.165, 1.54) is 17.0 Å². The van der Waals surface area contributed by atoms with Crippen molar-refractivity contribution in [3.05, 3.63) is 29.3 Å². The summed E-state index contributed by atoms with van der Waals surface area (Å²) in [6.07, 6.45) is 0.706. The Kier molecular flexibility index (Phi) is 4.81. The normalized spacial score (nSPS) is 19.0. The Labute approximate surface area is 127 Å². The highest BCUT2D eigenvalue weighted by molar-refractivity contribution is 7.90. The van der Waals surface area contributed by atoms with Crippen molar-refractivity contribution in [1.29, 1.82) is 0 Å². The van der Waals surface area contributed by atoms with Gasteiger partial charge in [0.05, 0.1) is 11.0 Å². The first-order valence-corrected chi connectivity index (χ1v) is 8.61. The summed E-state index contributed by atoms with van der Waals surface area (Å²) in [5.41, 5.74) is 0.899. The monoisotopic (exact) mass is 333 g/mol. The Bertz CT molecular complexity index is 675. The van der Waals surface area contributed by atoms with E-state index in [1.54, 1.807) is 13.0 Å². The van der Waals surface area contributed by atoms with Gasteiger partial charge in [-0.15, -0.1) is 0 Å². The van der Waals surface area contributed by atoms with Crippen LogP contribution in [0.15, 0.2) is 23.1 Å². The molecule has 1 saturated heterocycles. The molecule has 8 heteroatoms. The van der Waals surface area contributed by atoms with Crippen LogP contribution in [0.1, 0.15) is 22.3 Å². The smallest absolute Gasteiger partial charge is 0.336 e. The Hall–Kier alpha value is -1.54. The van der Waals surface area contributed by atoms with Crippen LogP contribution >= 0.6 is 0 Å². The number of sulfone groups is 1. The van der Waals surface area contributed by atoms with Crippen LogP contribution in [0.5, 0.6) is 0 Å². The Morgan fingerprint density at radius 3 is 2.68 bits per heavy atom. The summed E-state index contributed by atoms with van der Waals surface area (Å²) >= 11 is 0. The van der Waals surface area contributed by atoms with Gasteiger partial charge in [-0.3, -0.25) is 4.79 Å². The van der Waals surface area contributed by atoms with Crippen molar-refractivity contribution in [3.8, 4) is 0 Å². The molecule has 1 amide bonds. The van der Waals surface area contributed by atoms with E-state index < -0.39 is 22.6 Å². The fourth-order valence-electron chi connectivity index (χ4n) is 2.40. The van der Waals surface area contributed by atoms with Gasteiger partial charge in [0.2, 0.25) is 0 Å². The highest BCUT2D eigenvalue weighted by Crippen LogP contribution is 2.21. The minimum atomic E-state index is -3.42. The standard InChI is InChI=1S/C14H17F2NO4S/c1-9-3-4-11(22(2,19)20)7-12(9)13(18)17-6-5-10(8-17)21-14(15)16/h3-4,7,10,14H,5-6,8H2,1-2H3/t10-/m0/s1. The number of benzene rings is 1. The van der Waals surface area contributed by atoms with Crippen molar-refractivity contribution in [2.45, 2.75) is 31.0 Å². The third kappa shape index (κ3) is 3.80. The van der Waals surface area contributed by atoms with E-state index in [0.29, 0.717) is 18.5 Å². The van der Waals surface area contributed by atoms with E-state index >= 15 is 0 Å². The van der Waals surface area contributed by atoms with Gasteiger partial charge in [-0.05, 0) is 31.0 Å². The quantitative estimate of drug-likeness (QED) is 0.844. The number of hydrogen-bond acceptors (Lipinski definition) is 4. The zero-order valence-electron chi connectivity index (χ0n) is 12.3. The van der Waals surface area contributed by atoms with Crippen molar-refractivity contribution >= 4 is 15.7 Å². The van der Waals surface area contributed by atoms with Crippen LogP contribution in [0, 0.1) is 6.92 Å². The number of hydrogen-bond donors (Lipinski definition) is 0. The SMILES string of the molecule is Cc1ccc(S(C)(=O)=O)cc1C(=O)N1CC[C@H](OC(F)F)C1. The largest absolute Gasteiger partial charge is 0.345 e. The third-order valence-electron chi connectivity index (χ3n) is 3.60. The van der Waals surface area contributed by atoms with E-state index in [1.807, 2.05) is 0 Å². The number of amides is 1. The molecule has 0 N–H and O–H groups in total. The lowest BCUT2D eigenvalue weighted by molar-refractivity contribution is -0.158. The van der Waals surface area contributed by atoms with Gasteiger partial charge in [-0.25, -0.2) is 8.42 Å². The minimum absolute atomic E-state index is 0.0565. The topological polar surface area (TPSA) is 63.7 Å². The molecular weight excluding hydrogens is 316 g/mol. The fraction of sp³-hybridized carbons (Fsp3) is 0.500. The number of aryl methyl sites for hydroxylation is 1. The number of rotatable bonds is 4. The molecule has 2 rings (SSSR count). The molecule has 1 aromatic carbocycles. The van der Waals surface area contributed by atoms with Crippen LogP contribution < -0.4 is 0 Å². The molecule has 0 unspecified atom stereocenters. The van der Waals surface area contributed by atoms with Crippen LogP contribution in [0.2, 0.25) is 0 Å². The van der Waals surface area contributed by atoms with Crippen molar-refractivity contribution in [2.24, 2.45) is 0 Å². The first-order chi connectivity index (χ1) is 10.2. The van der Waals surface area contributed by atoms with Crippen LogP contribution in [0.4, 0.5) is 8.78 Å². The molecule has 1 fully saturated rings. The summed E-state index contributed by atoms with van der Waals surface area (Å²) in [4.78, 5) is 13.9. The summed E-state index contributed by atoms with van der Waals surface area (Å²) in [7, 11) is -3.42. The average Bonchev–Trinajstić information content (AvgIpc) is 2.84. The molecule has 0 aromatic heterocycles. The molecule has 0 radical (unpaired) electrons. The molecule has 22 heavy (non-hydrogen) atoms. The van der Waals surface area contributed by atoms with Crippen molar-refractivity contribution in [3.63, 3.8) is 0 Å². The first-order valence-electron chi connectivity index (χ1n) is 6.72. The molecule has 1 aromatic rings. The number of alkyl halides is 2. The Morgan fingerprint density at radius 1 is 1.41 bits per heavy atom. The summed E-state index contributed by atoms with van der Waals surface area (Å²) in [5, 5.41) is 0. The highest BCUT2D eigenvalue weighted by Gasteiger charge is 2.30. The van der Waals surface area contributed by atoms with Gasteiger partial charge >= 0.3 is 6.61 Å². The average molecular weight is 333 g/mol. The van der Waals surface area contributed by atoms with Gasteiger partial charge in [-0.2, -0.15) is 8.78 Å². The maximum Gasteiger partial charge on any atom is 0.345 e. The second kappa shape index (κ2) is 6.29. The van der Waals surface area contributed by atoms with Gasteiger partial charge in [0.1, 0.15) is 0 Å². The van der Waals surface area contributed by atoms with E-state index in [4.69, 9.17) is 0 Å². The molecule has 1 atom stereocenters. The molecule has 0 spiro atoms. The van der Waals surface area contributed by atoms with E-state index in [0.717, 1.165) is 6.26 Å². The number of nitrogens with zero attached hydrogens (tertiary/aromatic N) is 1. The molecule has 0 bridgehead atoms. The molecule has 0 saturated carbocycles. The lowest BCUT2D eigenvalue weighted by Crippen LogP contribution is -2.31. The van der Waals surface area contributed by atoms with Crippen LogP contribution in [0.25, 0.3) is 0 Å². The maximum absolute atomic E-state index is 12.5. The van der Waals surface area contributed by atoms with Crippen LogP contribution in [-0.4, -0.2) is 51.3 Å². The fourth-order valence-corrected chi connectivity index (χ4v) is 3.05. The van der Waals surface area contributed by atoms with Crippen LogP contribution in [0.3, 0.4) is 0 Å². The zero-order valence-corrected chi connectivity index (χ0v) is 13.1. The van der Waals surface area contributed by atoms with E-state index in [9.17, 15) is 22.0 Å². The first kappa shape index (κ1) is 16.8. The molecule has 122 valence electrons. The second-order valence-electron chi connectivity index (χ2n) is 5.31. The van der Waals surface area contributed by atoms with Crippen LogP contribution in [-0.2, 0) is 14.6 Å². The second-order valence-corrected chi connectivity index (χ2v) is 7.32. The molecule has 1 heterocycles. The third-order valence-corrected chi connectivity index (χ3v) is 4.71. The highest BCUT2D eigenvalue weighted by atomic mass is 32.2. The summed E-state index contributed by atoms with van der Waals surface area (Å²) in [6, 6.07) is 4.33. The van der Waals surface area contributed by atoms with Gasteiger partial charge in [-0.1, -0.05) is 6.07 Å². The predicted molar refractivity (Wildman–Crippen MR) is 75.7 cm³/mol. The van der Waals surface area contributed by atoms with Crippen molar-refractivity contribution < 1.29 is 26.7 Å². The van der Waals surface area contributed by atoms with Gasteiger partial charge < -0.3 is 9.64 Å². The van der Waals surface area contributed by atoms with Crippen molar-refractivity contribution in [2.75, 3.05) is 19.3 Å². The lowest BCUT2D eigenvalue weighted by Gasteiger charge is -2.18. The summed E-state index contributed by atoms with van der Waals surface area (Å²) in [6.45, 7) is -0.789. The molecule has 1 aliphatic rings. The Morgan fingerprint density at radius 2 is 2.09 bits per heavy atom.